The lowest BCUT2D eigenvalue weighted by Crippen LogP contribution is -3.11. The lowest BCUT2D eigenvalue weighted by atomic mass is 10.2. The van der Waals surface area contributed by atoms with Crippen molar-refractivity contribution in [2.45, 2.75) is 19.9 Å². The smallest absolute Gasteiger partial charge is 0.275 e. The Kier molecular flexibility index (Phi) is 7.79. The summed E-state index contributed by atoms with van der Waals surface area (Å²) < 4.78 is 0. The molecule has 0 spiro atoms. The second-order valence-corrected chi connectivity index (χ2v) is 5.50. The zero-order chi connectivity index (χ0) is 15.7. The fraction of sp³-hybridized carbons (Fsp3) is 0.467. The largest absolute Gasteiger partial charge is 0.351 e. The number of carbonyl (C=O) groups excluding carboxylic acids is 2. The van der Waals surface area contributed by atoms with Gasteiger partial charge in [0.25, 0.3) is 11.8 Å². The Balaban J connectivity index is 2.26. The molecule has 0 aromatic heterocycles. The van der Waals surface area contributed by atoms with E-state index >= 15 is 0 Å². The van der Waals surface area contributed by atoms with Gasteiger partial charge in [-0.2, -0.15) is 0 Å². The third-order valence-electron chi connectivity index (χ3n) is 2.90. The first-order valence-electron chi connectivity index (χ1n) is 7.10. The van der Waals surface area contributed by atoms with Gasteiger partial charge in [-0.15, -0.1) is 0 Å². The van der Waals surface area contributed by atoms with E-state index in [9.17, 15) is 9.59 Å². The van der Waals surface area contributed by atoms with Gasteiger partial charge in [0.15, 0.2) is 13.1 Å². The summed E-state index contributed by atoms with van der Waals surface area (Å²) in [7, 11) is 1.83. The van der Waals surface area contributed by atoms with Crippen molar-refractivity contribution in [1.82, 2.24) is 10.6 Å². The zero-order valence-electron chi connectivity index (χ0n) is 12.5. The molecule has 6 heteroatoms. The average Bonchev–Trinajstić information content (AvgIpc) is 2.44. The Labute approximate surface area is 130 Å². The van der Waals surface area contributed by atoms with Crippen LogP contribution in [0.3, 0.4) is 0 Å². The predicted molar refractivity (Wildman–Crippen MR) is 83.2 cm³/mol. The molecule has 0 heterocycles. The predicted octanol–water partition coefficient (Wildman–Crippen LogP) is -0.00290. The Morgan fingerprint density at radius 1 is 1.10 bits per heavy atom. The summed E-state index contributed by atoms with van der Waals surface area (Å²) in [5.74, 6) is -0.106. The number of benzene rings is 1. The van der Waals surface area contributed by atoms with Crippen LogP contribution >= 0.6 is 11.6 Å². The number of halogens is 1. The summed E-state index contributed by atoms with van der Waals surface area (Å²) in [5, 5.41) is 6.30. The Bertz CT molecular complexity index is 462. The SMILES string of the molecule is CCCNC(=O)C[NH+](C)CC(=O)NCc1ccc(Cl)cc1. The van der Waals surface area contributed by atoms with E-state index in [4.69, 9.17) is 11.6 Å². The number of hydrogen-bond acceptors (Lipinski definition) is 2. The highest BCUT2D eigenvalue weighted by Gasteiger charge is 2.13. The van der Waals surface area contributed by atoms with Crippen molar-refractivity contribution >= 4 is 23.4 Å². The number of quaternary nitrogens is 1. The van der Waals surface area contributed by atoms with Crippen molar-refractivity contribution < 1.29 is 14.5 Å². The van der Waals surface area contributed by atoms with Gasteiger partial charge in [-0.1, -0.05) is 30.7 Å². The van der Waals surface area contributed by atoms with E-state index in [1.807, 2.05) is 26.1 Å². The van der Waals surface area contributed by atoms with Crippen LogP contribution in [-0.4, -0.2) is 38.5 Å². The summed E-state index contributed by atoms with van der Waals surface area (Å²) in [5.41, 5.74) is 0.992. The van der Waals surface area contributed by atoms with Crippen LogP contribution < -0.4 is 15.5 Å². The highest BCUT2D eigenvalue weighted by Crippen LogP contribution is 2.08. The molecule has 1 aromatic rings. The van der Waals surface area contributed by atoms with Crippen molar-refractivity contribution in [2.24, 2.45) is 0 Å². The van der Waals surface area contributed by atoms with Crippen LogP contribution in [0.4, 0.5) is 0 Å². The summed E-state index contributed by atoms with van der Waals surface area (Å²) >= 11 is 5.80. The van der Waals surface area contributed by atoms with E-state index in [0.717, 1.165) is 16.9 Å². The van der Waals surface area contributed by atoms with Gasteiger partial charge < -0.3 is 15.5 Å². The lowest BCUT2D eigenvalue weighted by molar-refractivity contribution is -0.862. The average molecular weight is 313 g/mol. The van der Waals surface area contributed by atoms with E-state index in [-0.39, 0.29) is 18.4 Å². The topological polar surface area (TPSA) is 62.6 Å². The second kappa shape index (κ2) is 9.37. The van der Waals surface area contributed by atoms with Crippen LogP contribution in [0.1, 0.15) is 18.9 Å². The molecule has 1 aromatic carbocycles. The molecule has 5 nitrogen and oxygen atoms in total. The quantitative estimate of drug-likeness (QED) is 0.632. The molecular formula is C15H23ClN3O2+. The number of likely N-dealkylation sites (N-methyl/N-ethyl adjacent to an activating group) is 1. The van der Waals surface area contributed by atoms with E-state index < -0.39 is 0 Å². The fourth-order valence-corrected chi connectivity index (χ4v) is 1.93. The summed E-state index contributed by atoms with van der Waals surface area (Å²) in [6, 6.07) is 7.33. The minimum Gasteiger partial charge on any atom is -0.351 e. The summed E-state index contributed by atoms with van der Waals surface area (Å²) in [6.07, 6.45) is 0.909. The van der Waals surface area contributed by atoms with Gasteiger partial charge in [-0.3, -0.25) is 9.59 Å². The summed E-state index contributed by atoms with van der Waals surface area (Å²) in [4.78, 5) is 24.2. The van der Waals surface area contributed by atoms with Crippen LogP contribution in [0.2, 0.25) is 5.02 Å². The van der Waals surface area contributed by atoms with Gasteiger partial charge in [0.05, 0.1) is 7.05 Å². The second-order valence-electron chi connectivity index (χ2n) is 5.06. The van der Waals surface area contributed by atoms with Crippen LogP contribution in [0.5, 0.6) is 0 Å². The normalized spacial score (nSPS) is 11.8. The van der Waals surface area contributed by atoms with Gasteiger partial charge >= 0.3 is 0 Å². The first kappa shape index (κ1) is 17.5. The van der Waals surface area contributed by atoms with E-state index in [1.54, 1.807) is 12.1 Å². The number of amides is 2. The fourth-order valence-electron chi connectivity index (χ4n) is 1.80. The number of hydrogen-bond donors (Lipinski definition) is 3. The van der Waals surface area contributed by atoms with Crippen LogP contribution in [0, 0.1) is 0 Å². The maximum atomic E-state index is 11.8. The molecule has 3 N–H and O–H groups in total. The standard InChI is InChI=1S/C15H22ClN3O2/c1-3-8-17-14(20)10-19(2)11-15(21)18-9-12-4-6-13(16)7-5-12/h4-7H,3,8-11H2,1-2H3,(H,17,20)(H,18,21)/p+1. The van der Waals surface area contributed by atoms with Crippen molar-refractivity contribution in [1.29, 1.82) is 0 Å². The molecule has 116 valence electrons. The lowest BCUT2D eigenvalue weighted by Gasteiger charge is -2.13. The van der Waals surface area contributed by atoms with E-state index in [1.165, 1.54) is 0 Å². The van der Waals surface area contributed by atoms with Crippen molar-refractivity contribution in [3.8, 4) is 0 Å². The molecule has 1 rings (SSSR count). The molecule has 0 saturated carbocycles. The van der Waals surface area contributed by atoms with Gasteiger partial charge in [0, 0.05) is 18.1 Å². The highest BCUT2D eigenvalue weighted by molar-refractivity contribution is 6.30. The molecular weight excluding hydrogens is 290 g/mol. The first-order valence-corrected chi connectivity index (χ1v) is 7.48. The molecule has 0 aliphatic heterocycles. The molecule has 0 saturated heterocycles. The number of rotatable bonds is 8. The van der Waals surface area contributed by atoms with E-state index in [2.05, 4.69) is 10.6 Å². The first-order chi connectivity index (χ1) is 10.0. The van der Waals surface area contributed by atoms with Gasteiger partial charge in [0.1, 0.15) is 0 Å². The maximum Gasteiger partial charge on any atom is 0.275 e. The molecule has 0 aliphatic rings. The summed E-state index contributed by atoms with van der Waals surface area (Å²) in [6.45, 7) is 3.71. The molecule has 1 unspecified atom stereocenters. The molecule has 1 atom stereocenters. The maximum absolute atomic E-state index is 11.8. The van der Waals surface area contributed by atoms with Crippen molar-refractivity contribution in [3.63, 3.8) is 0 Å². The highest BCUT2D eigenvalue weighted by atomic mass is 35.5. The molecule has 0 radical (unpaired) electrons. The Morgan fingerprint density at radius 2 is 1.67 bits per heavy atom. The van der Waals surface area contributed by atoms with Gasteiger partial charge in [0.2, 0.25) is 0 Å². The van der Waals surface area contributed by atoms with Crippen LogP contribution in [0.15, 0.2) is 24.3 Å². The number of nitrogens with one attached hydrogen (secondary N) is 3. The molecule has 0 aliphatic carbocycles. The van der Waals surface area contributed by atoms with Crippen molar-refractivity contribution in [2.75, 3.05) is 26.7 Å². The minimum atomic E-state index is -0.0780. The van der Waals surface area contributed by atoms with E-state index in [0.29, 0.717) is 24.7 Å². The van der Waals surface area contributed by atoms with Gasteiger partial charge in [-0.25, -0.2) is 0 Å². The van der Waals surface area contributed by atoms with Crippen molar-refractivity contribution in [3.05, 3.63) is 34.9 Å². The molecule has 2 amide bonds. The zero-order valence-corrected chi connectivity index (χ0v) is 13.3. The Morgan fingerprint density at radius 3 is 2.24 bits per heavy atom. The monoisotopic (exact) mass is 312 g/mol. The van der Waals surface area contributed by atoms with Crippen LogP contribution in [0.25, 0.3) is 0 Å². The Hall–Kier alpha value is -1.59. The van der Waals surface area contributed by atoms with Crippen LogP contribution in [-0.2, 0) is 16.1 Å². The third-order valence-corrected chi connectivity index (χ3v) is 3.15. The molecule has 21 heavy (non-hydrogen) atoms. The third kappa shape index (κ3) is 7.68. The van der Waals surface area contributed by atoms with Gasteiger partial charge in [-0.05, 0) is 24.1 Å². The number of carbonyl (C=O) groups is 2. The minimum absolute atomic E-state index is 0.0279. The molecule has 0 bridgehead atoms. The molecule has 0 fully saturated rings.